The number of carbonyl (C=O) groups excluding carboxylic acids is 2. The summed E-state index contributed by atoms with van der Waals surface area (Å²) < 4.78 is 16.3. The Morgan fingerprint density at radius 1 is 1.07 bits per heavy atom. The molecule has 0 unspecified atom stereocenters. The van der Waals surface area contributed by atoms with Crippen LogP contribution in [0.15, 0.2) is 48.5 Å². The van der Waals surface area contributed by atoms with Crippen LogP contribution >= 0.6 is 0 Å². The van der Waals surface area contributed by atoms with Crippen molar-refractivity contribution in [3.05, 3.63) is 54.1 Å². The fourth-order valence-electron chi connectivity index (χ4n) is 3.10. The van der Waals surface area contributed by atoms with E-state index in [0.29, 0.717) is 23.1 Å². The predicted octanol–water partition coefficient (Wildman–Crippen LogP) is 3.54. The van der Waals surface area contributed by atoms with Gasteiger partial charge in [0.1, 0.15) is 11.5 Å². The summed E-state index contributed by atoms with van der Waals surface area (Å²) in [5.74, 6) is 0.734. The molecule has 28 heavy (non-hydrogen) atoms. The van der Waals surface area contributed by atoms with Crippen LogP contribution in [0, 0.1) is 0 Å². The lowest BCUT2D eigenvalue weighted by Gasteiger charge is -2.34. The molecule has 148 valence electrons. The van der Waals surface area contributed by atoms with Gasteiger partial charge in [0, 0.05) is 0 Å². The summed E-state index contributed by atoms with van der Waals surface area (Å²) >= 11 is 0. The summed E-state index contributed by atoms with van der Waals surface area (Å²) in [5.41, 5.74) is 1.81. The third-order valence-electron chi connectivity index (χ3n) is 4.71. The summed E-state index contributed by atoms with van der Waals surface area (Å²) in [5, 5.41) is 0. The minimum absolute atomic E-state index is 0.0719. The minimum atomic E-state index is -0.874. The molecule has 2 aromatic rings. The number of amides is 1. The lowest BCUT2D eigenvalue weighted by Crippen LogP contribution is -2.50. The highest BCUT2D eigenvalue weighted by Crippen LogP contribution is 2.34. The van der Waals surface area contributed by atoms with E-state index in [1.165, 1.54) is 17.6 Å². The zero-order chi connectivity index (χ0) is 20.3. The van der Waals surface area contributed by atoms with Crippen LogP contribution in [0.5, 0.6) is 11.5 Å². The van der Waals surface area contributed by atoms with Gasteiger partial charge in [-0.3, -0.25) is 4.79 Å². The van der Waals surface area contributed by atoms with Crippen LogP contribution in [0.1, 0.15) is 32.3 Å². The third-order valence-corrected chi connectivity index (χ3v) is 4.71. The molecule has 0 N–H and O–H groups in total. The van der Waals surface area contributed by atoms with Crippen LogP contribution in [-0.2, 0) is 14.3 Å². The zero-order valence-corrected chi connectivity index (χ0v) is 16.5. The van der Waals surface area contributed by atoms with E-state index in [4.69, 9.17) is 14.2 Å². The van der Waals surface area contributed by atoms with E-state index in [1.54, 1.807) is 25.1 Å². The average Bonchev–Trinajstić information content (AvgIpc) is 2.72. The molecular formula is C22H25NO5. The van der Waals surface area contributed by atoms with Gasteiger partial charge in [-0.1, -0.05) is 38.1 Å². The monoisotopic (exact) mass is 383 g/mol. The number of para-hydroxylation sites is 2. The number of hydrogen-bond acceptors (Lipinski definition) is 5. The van der Waals surface area contributed by atoms with Gasteiger partial charge >= 0.3 is 5.97 Å². The van der Waals surface area contributed by atoms with Crippen molar-refractivity contribution in [1.82, 2.24) is 0 Å². The van der Waals surface area contributed by atoms with Gasteiger partial charge in [-0.25, -0.2) is 4.79 Å². The number of anilines is 1. The summed E-state index contributed by atoms with van der Waals surface area (Å²) in [6.07, 6.45) is -1.60. The van der Waals surface area contributed by atoms with Crippen molar-refractivity contribution in [3.8, 4) is 11.5 Å². The van der Waals surface area contributed by atoms with Crippen LogP contribution in [0.2, 0.25) is 0 Å². The molecule has 0 aromatic heterocycles. The first-order valence-corrected chi connectivity index (χ1v) is 9.32. The van der Waals surface area contributed by atoms with E-state index >= 15 is 0 Å². The Labute approximate surface area is 165 Å². The highest BCUT2D eigenvalue weighted by molar-refractivity contribution is 5.99. The first-order valence-electron chi connectivity index (χ1n) is 9.32. The first kappa shape index (κ1) is 19.7. The Morgan fingerprint density at radius 3 is 2.39 bits per heavy atom. The smallest absolute Gasteiger partial charge is 0.348 e. The Hall–Kier alpha value is -3.02. The molecule has 0 aliphatic carbocycles. The van der Waals surface area contributed by atoms with E-state index in [-0.39, 0.29) is 12.5 Å². The molecule has 0 radical (unpaired) electrons. The molecule has 1 heterocycles. The summed E-state index contributed by atoms with van der Waals surface area (Å²) in [7, 11) is 1.30. The fourth-order valence-corrected chi connectivity index (χ4v) is 3.10. The maximum Gasteiger partial charge on any atom is 0.348 e. The second-order valence-corrected chi connectivity index (χ2v) is 7.03. The van der Waals surface area contributed by atoms with Gasteiger partial charge < -0.3 is 19.1 Å². The molecule has 0 saturated heterocycles. The Kier molecular flexibility index (Phi) is 5.87. The van der Waals surface area contributed by atoms with Crippen LogP contribution in [0.3, 0.4) is 0 Å². The molecule has 6 heteroatoms. The van der Waals surface area contributed by atoms with Crippen LogP contribution in [-0.4, -0.2) is 37.7 Å². The minimum Gasteiger partial charge on any atom is -0.481 e. The number of ether oxygens (including phenoxy) is 3. The quantitative estimate of drug-likeness (QED) is 0.739. The molecule has 1 amide bonds. The summed E-state index contributed by atoms with van der Waals surface area (Å²) in [6, 6.07) is 14.8. The van der Waals surface area contributed by atoms with Crippen molar-refractivity contribution in [2.24, 2.45) is 0 Å². The number of benzene rings is 2. The SMILES string of the molecule is COC(=O)[C@H]1CN(C(=O)[C@@H](C)Oc2ccc(C(C)C)cc2)c2ccccc2O1. The Balaban J connectivity index is 1.78. The molecule has 2 atom stereocenters. The topological polar surface area (TPSA) is 65.1 Å². The predicted molar refractivity (Wildman–Crippen MR) is 106 cm³/mol. The molecule has 0 bridgehead atoms. The number of hydrogen-bond donors (Lipinski definition) is 0. The summed E-state index contributed by atoms with van der Waals surface area (Å²) in [4.78, 5) is 26.6. The highest BCUT2D eigenvalue weighted by atomic mass is 16.6. The molecule has 0 spiro atoms. The third kappa shape index (κ3) is 4.11. The van der Waals surface area contributed by atoms with Gasteiger partial charge in [0.15, 0.2) is 6.10 Å². The van der Waals surface area contributed by atoms with Gasteiger partial charge in [0.25, 0.3) is 5.91 Å². The second-order valence-electron chi connectivity index (χ2n) is 7.03. The Bertz CT molecular complexity index is 846. The lowest BCUT2D eigenvalue weighted by molar-refractivity contribution is -0.148. The second kappa shape index (κ2) is 8.33. The van der Waals surface area contributed by atoms with Crippen LogP contribution in [0.4, 0.5) is 5.69 Å². The number of esters is 1. The van der Waals surface area contributed by atoms with Crippen LogP contribution in [0.25, 0.3) is 0 Å². The zero-order valence-electron chi connectivity index (χ0n) is 16.5. The van der Waals surface area contributed by atoms with Gasteiger partial charge in [0.05, 0.1) is 19.3 Å². The van der Waals surface area contributed by atoms with E-state index in [0.717, 1.165) is 0 Å². The van der Waals surface area contributed by atoms with E-state index in [1.807, 2.05) is 30.3 Å². The largest absolute Gasteiger partial charge is 0.481 e. The van der Waals surface area contributed by atoms with Crippen molar-refractivity contribution < 1.29 is 23.8 Å². The molecule has 0 saturated carbocycles. The number of rotatable bonds is 5. The maximum atomic E-state index is 13.1. The summed E-state index contributed by atoms with van der Waals surface area (Å²) in [6.45, 7) is 6.01. The number of carbonyl (C=O) groups is 2. The van der Waals surface area contributed by atoms with Crippen molar-refractivity contribution in [2.45, 2.75) is 38.9 Å². The first-order chi connectivity index (χ1) is 13.4. The molecule has 1 aliphatic heterocycles. The van der Waals surface area contributed by atoms with E-state index in [9.17, 15) is 9.59 Å². The van der Waals surface area contributed by atoms with E-state index < -0.39 is 18.2 Å². The highest BCUT2D eigenvalue weighted by Gasteiger charge is 2.36. The number of fused-ring (bicyclic) bond motifs is 1. The average molecular weight is 383 g/mol. The molecule has 3 rings (SSSR count). The van der Waals surface area contributed by atoms with Crippen molar-refractivity contribution in [2.75, 3.05) is 18.6 Å². The maximum absolute atomic E-state index is 13.1. The normalized spacial score (nSPS) is 16.8. The van der Waals surface area contributed by atoms with Gasteiger partial charge in [-0.2, -0.15) is 0 Å². The number of nitrogens with zero attached hydrogens (tertiary/aromatic N) is 1. The van der Waals surface area contributed by atoms with Gasteiger partial charge in [-0.15, -0.1) is 0 Å². The van der Waals surface area contributed by atoms with Gasteiger partial charge in [0.2, 0.25) is 6.10 Å². The van der Waals surface area contributed by atoms with Gasteiger partial charge in [-0.05, 0) is 42.7 Å². The molecule has 1 aliphatic rings. The molecule has 0 fully saturated rings. The molecule has 2 aromatic carbocycles. The number of methoxy groups -OCH3 is 1. The molecule has 6 nitrogen and oxygen atoms in total. The Morgan fingerprint density at radius 2 is 1.75 bits per heavy atom. The van der Waals surface area contributed by atoms with Crippen LogP contribution < -0.4 is 14.4 Å². The lowest BCUT2D eigenvalue weighted by atomic mass is 10.0. The van der Waals surface area contributed by atoms with Crippen molar-refractivity contribution >= 4 is 17.6 Å². The van der Waals surface area contributed by atoms with E-state index in [2.05, 4.69) is 13.8 Å². The standard InChI is InChI=1S/C22H25NO5/c1-14(2)16-9-11-17(12-10-16)27-15(3)21(24)23-13-20(22(25)26-4)28-19-8-6-5-7-18(19)23/h5-12,14-15,20H,13H2,1-4H3/t15-,20-/m1/s1. The van der Waals surface area contributed by atoms with Crippen molar-refractivity contribution in [1.29, 1.82) is 0 Å². The fraction of sp³-hybridized carbons (Fsp3) is 0.364. The molecular weight excluding hydrogens is 358 g/mol. The van der Waals surface area contributed by atoms with Crippen molar-refractivity contribution in [3.63, 3.8) is 0 Å².